The first kappa shape index (κ1) is 40.9. The van der Waals surface area contributed by atoms with Crippen LogP contribution in [0.5, 0.6) is 0 Å². The van der Waals surface area contributed by atoms with Crippen LogP contribution >= 0.6 is 11.6 Å². The largest absolute Gasteiger partial charge is 0.459 e. The molecule has 0 saturated heterocycles. The Morgan fingerprint density at radius 2 is 1.48 bits per heavy atom. The summed E-state index contributed by atoms with van der Waals surface area (Å²) in [6, 6.07) is 30.9. The van der Waals surface area contributed by atoms with Crippen LogP contribution in [0.25, 0.3) is 0 Å². The summed E-state index contributed by atoms with van der Waals surface area (Å²) < 4.78 is 6.12. The van der Waals surface area contributed by atoms with Gasteiger partial charge in [-0.3, -0.25) is 14.4 Å². The molecular weight excluding hydrogens is 728 g/mol. The van der Waals surface area contributed by atoms with Crippen molar-refractivity contribution in [2.75, 3.05) is 23.7 Å². The second-order valence-corrected chi connectivity index (χ2v) is 14.9. The highest BCUT2D eigenvalue weighted by Gasteiger charge is 2.24. The monoisotopic (exact) mass is 772 g/mol. The molecule has 4 aromatic rings. The number of guanidine groups is 1. The Bertz CT molecular complexity index is 2120. The van der Waals surface area contributed by atoms with E-state index >= 15 is 0 Å². The minimum atomic E-state index is -0.832. The molecule has 288 valence electrons. The van der Waals surface area contributed by atoms with E-state index in [0.717, 1.165) is 24.0 Å². The number of hydrogen-bond acceptors (Lipinski definition) is 6. The van der Waals surface area contributed by atoms with Gasteiger partial charge in [0.25, 0.3) is 5.91 Å². The zero-order valence-electron chi connectivity index (χ0n) is 31.8. The van der Waals surface area contributed by atoms with Crippen LogP contribution in [-0.2, 0) is 20.9 Å². The molecule has 1 aliphatic rings. The standard InChI is InChI=1S/C43H45ClN8O4/c1-28(2)32-11-5-31(6-12-32)25-56-42(46-24-30-7-15-34(44)16-8-30)52-41(51-37-21-22-37)50-36-19-13-33(14-20-36)38(53)47-26-43(3,4)27-48-39(54)40(55)49-35-17-9-29(23-45)10-18-35/h5-20,24,28,37H,21-22,25-27H2,1-4H3,(H,47,53)(H,48,54)(H,49,55)(H,50,51)/b46-24+,52-42+. The number of nitriles is 1. The molecule has 0 heterocycles. The van der Waals surface area contributed by atoms with Gasteiger partial charge in [-0.2, -0.15) is 10.3 Å². The zero-order valence-corrected chi connectivity index (χ0v) is 32.6. The van der Waals surface area contributed by atoms with E-state index in [4.69, 9.17) is 31.6 Å². The van der Waals surface area contributed by atoms with Crippen molar-refractivity contribution in [2.45, 2.75) is 59.1 Å². The van der Waals surface area contributed by atoms with Gasteiger partial charge in [-0.15, -0.1) is 0 Å². The fraction of sp³-hybridized carbons (Fsp3) is 0.279. The number of nitrogens with one attached hydrogen (secondary N) is 4. The lowest BCUT2D eigenvalue weighted by Gasteiger charge is -2.25. The SMILES string of the molecule is CC(C)c1ccc(COC(/N=C/c2ccc(Cl)cc2)=N/C(=NC2CC2)Nc2ccc(C(=O)NCC(C)(C)CNC(=O)C(=O)Nc3ccc(C#N)cc3)cc2)cc1. The third-order valence-corrected chi connectivity index (χ3v) is 8.85. The van der Waals surface area contributed by atoms with Crippen LogP contribution in [0.1, 0.15) is 79.1 Å². The molecule has 12 nitrogen and oxygen atoms in total. The lowest BCUT2D eigenvalue weighted by atomic mass is 9.93. The minimum absolute atomic E-state index is 0.126. The highest BCUT2D eigenvalue weighted by Crippen LogP contribution is 2.24. The van der Waals surface area contributed by atoms with Crippen molar-refractivity contribution >= 4 is 58.9 Å². The third kappa shape index (κ3) is 13.2. The van der Waals surface area contributed by atoms with Crippen molar-refractivity contribution in [3.8, 4) is 6.07 Å². The van der Waals surface area contributed by atoms with Crippen molar-refractivity contribution in [2.24, 2.45) is 20.4 Å². The molecule has 4 aromatic carbocycles. The van der Waals surface area contributed by atoms with Gasteiger partial charge in [-0.05, 0) is 102 Å². The smallest absolute Gasteiger partial charge is 0.320 e. The van der Waals surface area contributed by atoms with Crippen LogP contribution < -0.4 is 21.3 Å². The Balaban J connectivity index is 1.19. The normalized spacial score (nSPS) is 13.2. The first-order valence-corrected chi connectivity index (χ1v) is 18.7. The van der Waals surface area contributed by atoms with Gasteiger partial charge in [0.2, 0.25) is 5.96 Å². The highest BCUT2D eigenvalue weighted by atomic mass is 35.5. The van der Waals surface area contributed by atoms with E-state index in [-0.39, 0.29) is 37.7 Å². The van der Waals surface area contributed by atoms with Gasteiger partial charge >= 0.3 is 17.8 Å². The molecule has 0 unspecified atom stereocenters. The lowest BCUT2D eigenvalue weighted by Crippen LogP contribution is -2.44. The predicted molar refractivity (Wildman–Crippen MR) is 221 cm³/mol. The van der Waals surface area contributed by atoms with Gasteiger partial charge in [-0.25, -0.2) is 9.98 Å². The van der Waals surface area contributed by atoms with Crippen molar-refractivity contribution in [1.82, 2.24) is 10.6 Å². The number of anilines is 2. The zero-order chi connectivity index (χ0) is 40.1. The minimum Gasteiger partial charge on any atom is -0.459 e. The van der Waals surface area contributed by atoms with Crippen LogP contribution in [0.15, 0.2) is 112 Å². The maximum Gasteiger partial charge on any atom is 0.320 e. The summed E-state index contributed by atoms with van der Waals surface area (Å²) >= 11 is 6.07. The van der Waals surface area contributed by atoms with Crippen molar-refractivity contribution in [3.63, 3.8) is 0 Å². The number of hydrogen-bond donors (Lipinski definition) is 4. The first-order valence-electron chi connectivity index (χ1n) is 18.3. The van der Waals surface area contributed by atoms with Crippen LogP contribution in [0.3, 0.4) is 0 Å². The Hall–Kier alpha value is -6.32. The molecule has 1 saturated carbocycles. The van der Waals surface area contributed by atoms with Gasteiger partial charge in [0.05, 0.1) is 17.7 Å². The second-order valence-electron chi connectivity index (χ2n) is 14.4. The molecule has 0 atom stereocenters. The molecule has 0 aromatic heterocycles. The number of carbonyl (C=O) groups excluding carboxylic acids is 3. The molecule has 0 bridgehead atoms. The summed E-state index contributed by atoms with van der Waals surface area (Å²) in [6.45, 7) is 8.66. The Morgan fingerprint density at radius 3 is 2.11 bits per heavy atom. The van der Waals surface area contributed by atoms with Gasteiger partial charge < -0.3 is 26.0 Å². The van der Waals surface area contributed by atoms with Crippen LogP contribution in [-0.4, -0.2) is 55.0 Å². The van der Waals surface area contributed by atoms with Gasteiger partial charge in [0.1, 0.15) is 6.61 Å². The summed E-state index contributed by atoms with van der Waals surface area (Å²) in [4.78, 5) is 51.9. The number of benzene rings is 4. The Labute approximate surface area is 332 Å². The molecule has 1 aliphatic carbocycles. The molecular formula is C43H45ClN8O4. The van der Waals surface area contributed by atoms with Gasteiger partial charge in [0.15, 0.2) is 0 Å². The van der Waals surface area contributed by atoms with E-state index in [1.165, 1.54) is 5.56 Å². The second kappa shape index (κ2) is 19.3. The maximum absolute atomic E-state index is 13.1. The number of nitrogens with zero attached hydrogens (tertiary/aromatic N) is 4. The number of amides is 3. The quantitative estimate of drug-likeness (QED) is 0.0662. The molecule has 0 radical (unpaired) electrons. The van der Waals surface area contributed by atoms with E-state index in [1.54, 1.807) is 66.9 Å². The van der Waals surface area contributed by atoms with Crippen molar-refractivity contribution in [1.29, 1.82) is 5.26 Å². The summed E-state index contributed by atoms with van der Waals surface area (Å²) in [6.07, 6.45) is 3.57. The summed E-state index contributed by atoms with van der Waals surface area (Å²) in [5, 5.41) is 20.8. The molecule has 1 fully saturated rings. The number of ether oxygens (including phenoxy) is 1. The number of carbonyl (C=O) groups is 3. The highest BCUT2D eigenvalue weighted by molar-refractivity contribution is 6.39. The van der Waals surface area contributed by atoms with E-state index in [0.29, 0.717) is 39.4 Å². The number of halogens is 1. The molecule has 13 heteroatoms. The first-order chi connectivity index (χ1) is 26.9. The number of amidine groups is 1. The van der Waals surface area contributed by atoms with E-state index < -0.39 is 17.2 Å². The molecule has 3 amide bonds. The molecule has 4 N–H and O–H groups in total. The fourth-order valence-electron chi connectivity index (χ4n) is 5.01. The Morgan fingerprint density at radius 1 is 0.857 bits per heavy atom. The summed E-state index contributed by atoms with van der Waals surface area (Å²) in [7, 11) is 0. The molecule has 0 aliphatic heterocycles. The fourth-order valence-corrected chi connectivity index (χ4v) is 5.14. The average Bonchev–Trinajstić information content (AvgIpc) is 4.02. The van der Waals surface area contributed by atoms with Gasteiger partial charge in [0, 0.05) is 41.3 Å². The van der Waals surface area contributed by atoms with E-state index in [2.05, 4.69) is 52.2 Å². The molecule has 56 heavy (non-hydrogen) atoms. The summed E-state index contributed by atoms with van der Waals surface area (Å²) in [5.41, 5.74) is 4.40. The van der Waals surface area contributed by atoms with E-state index in [1.807, 2.05) is 44.2 Å². The topological polar surface area (TPSA) is 169 Å². The number of rotatable bonds is 12. The van der Waals surface area contributed by atoms with Crippen molar-refractivity contribution in [3.05, 3.63) is 130 Å². The Kier molecular flexibility index (Phi) is 14.1. The lowest BCUT2D eigenvalue weighted by molar-refractivity contribution is -0.136. The maximum atomic E-state index is 13.1. The number of aliphatic imine (C=N–C) groups is 3. The third-order valence-electron chi connectivity index (χ3n) is 8.60. The molecule has 5 rings (SSSR count). The predicted octanol–water partition coefficient (Wildman–Crippen LogP) is 7.47. The summed E-state index contributed by atoms with van der Waals surface area (Å²) in [5.74, 6) is -1.19. The van der Waals surface area contributed by atoms with Crippen molar-refractivity contribution < 1.29 is 19.1 Å². The average molecular weight is 773 g/mol. The molecule has 0 spiro atoms. The van der Waals surface area contributed by atoms with Gasteiger partial charge in [-0.1, -0.05) is 75.7 Å². The van der Waals surface area contributed by atoms with E-state index in [9.17, 15) is 14.4 Å². The van der Waals surface area contributed by atoms with Crippen LogP contribution in [0.2, 0.25) is 5.02 Å². The van der Waals surface area contributed by atoms with Crippen LogP contribution in [0, 0.1) is 16.7 Å². The van der Waals surface area contributed by atoms with Crippen LogP contribution in [0.4, 0.5) is 11.4 Å².